The number of hydrogen-bond donors (Lipinski definition) is 0. The summed E-state index contributed by atoms with van der Waals surface area (Å²) >= 11 is 5.53. The molecule has 0 aliphatic carbocycles. The first-order valence-corrected chi connectivity index (χ1v) is 3.68. The fourth-order valence-corrected chi connectivity index (χ4v) is 0.880. The summed E-state index contributed by atoms with van der Waals surface area (Å²) in [4.78, 5) is 0. The van der Waals surface area contributed by atoms with Crippen molar-refractivity contribution in [2.75, 3.05) is 6.61 Å². The minimum absolute atomic E-state index is 0.0412. The normalized spacial score (nSPS) is 10.8. The van der Waals surface area contributed by atoms with Gasteiger partial charge in [0.25, 0.3) is 5.88 Å². The molecule has 3 nitrogen and oxygen atoms in total. The Bertz CT molecular complexity index is 264. The third kappa shape index (κ3) is 1.85. The summed E-state index contributed by atoms with van der Waals surface area (Å²) in [7, 11) is 0. The van der Waals surface area contributed by atoms with Crippen molar-refractivity contribution in [3.63, 3.8) is 0 Å². The molecule has 0 fully saturated rings. The number of ether oxygens (including phenoxy) is 1. The Morgan fingerprint density at radius 1 is 1.75 bits per heavy atom. The lowest BCUT2D eigenvalue weighted by Crippen LogP contribution is -1.99. The lowest BCUT2D eigenvalue weighted by molar-refractivity contribution is 0.0551. The van der Waals surface area contributed by atoms with E-state index in [0.717, 1.165) is 6.20 Å². The van der Waals surface area contributed by atoms with Gasteiger partial charge < -0.3 is 4.74 Å². The van der Waals surface area contributed by atoms with E-state index in [9.17, 15) is 8.78 Å². The molecule has 0 spiro atoms. The lowest BCUT2D eigenvalue weighted by Gasteiger charge is -1.97. The highest BCUT2D eigenvalue weighted by Crippen LogP contribution is 2.24. The highest BCUT2D eigenvalue weighted by molar-refractivity contribution is 6.31. The van der Waals surface area contributed by atoms with E-state index in [1.807, 2.05) is 0 Å². The van der Waals surface area contributed by atoms with Crippen molar-refractivity contribution in [1.82, 2.24) is 9.78 Å². The SMILES string of the molecule is CCOc1nn(C(F)F)cc1Cl. The Morgan fingerprint density at radius 3 is 2.83 bits per heavy atom. The molecule has 68 valence electrons. The Kier molecular flexibility index (Phi) is 2.86. The minimum atomic E-state index is -2.68. The van der Waals surface area contributed by atoms with Crippen molar-refractivity contribution in [2.45, 2.75) is 13.5 Å². The number of rotatable bonds is 3. The summed E-state index contributed by atoms with van der Waals surface area (Å²) in [6, 6.07) is 0. The molecule has 0 unspecified atom stereocenters. The maximum Gasteiger partial charge on any atom is 0.333 e. The van der Waals surface area contributed by atoms with Crippen LogP contribution in [0.15, 0.2) is 6.20 Å². The summed E-state index contributed by atoms with van der Waals surface area (Å²) in [5, 5.41) is 3.51. The predicted molar refractivity (Wildman–Crippen MR) is 39.7 cm³/mol. The van der Waals surface area contributed by atoms with Gasteiger partial charge in [0, 0.05) is 0 Å². The first-order valence-electron chi connectivity index (χ1n) is 3.30. The van der Waals surface area contributed by atoms with Crippen LogP contribution < -0.4 is 4.74 Å². The van der Waals surface area contributed by atoms with E-state index in [1.165, 1.54) is 0 Å². The molecule has 0 aliphatic heterocycles. The molecule has 0 N–H and O–H groups in total. The van der Waals surface area contributed by atoms with Gasteiger partial charge in [-0.25, -0.2) is 4.68 Å². The van der Waals surface area contributed by atoms with E-state index in [4.69, 9.17) is 16.3 Å². The zero-order valence-corrected chi connectivity index (χ0v) is 7.05. The van der Waals surface area contributed by atoms with Gasteiger partial charge in [-0.15, -0.1) is 5.10 Å². The van der Waals surface area contributed by atoms with Crippen LogP contribution in [0.3, 0.4) is 0 Å². The quantitative estimate of drug-likeness (QED) is 0.742. The predicted octanol–water partition coefficient (Wildman–Crippen LogP) is 2.33. The summed E-state index contributed by atoms with van der Waals surface area (Å²) < 4.78 is 29.3. The van der Waals surface area contributed by atoms with Crippen molar-refractivity contribution in [1.29, 1.82) is 0 Å². The van der Waals surface area contributed by atoms with E-state index in [0.29, 0.717) is 11.3 Å². The molecule has 1 aromatic heterocycles. The Morgan fingerprint density at radius 2 is 2.42 bits per heavy atom. The van der Waals surface area contributed by atoms with Gasteiger partial charge in [0.05, 0.1) is 12.8 Å². The van der Waals surface area contributed by atoms with Crippen LogP contribution in [0.1, 0.15) is 13.5 Å². The van der Waals surface area contributed by atoms with Gasteiger partial charge in [-0.1, -0.05) is 11.6 Å². The second kappa shape index (κ2) is 3.71. The molecule has 0 amide bonds. The van der Waals surface area contributed by atoms with Gasteiger partial charge in [-0.05, 0) is 6.92 Å². The molecule has 1 rings (SSSR count). The summed E-state index contributed by atoms with van der Waals surface area (Å²) in [6.45, 7) is -0.616. The summed E-state index contributed by atoms with van der Waals surface area (Å²) in [5.74, 6) is 0.0412. The Hall–Kier alpha value is -0.840. The van der Waals surface area contributed by atoms with Gasteiger partial charge >= 0.3 is 6.55 Å². The standard InChI is InChI=1S/C6H7ClF2N2O/c1-2-12-5-4(7)3-11(10-5)6(8)9/h3,6H,2H2,1H3. The molecule has 12 heavy (non-hydrogen) atoms. The molecule has 0 radical (unpaired) electrons. The molecule has 1 aromatic rings. The van der Waals surface area contributed by atoms with Crippen LogP contribution in [0.25, 0.3) is 0 Å². The van der Waals surface area contributed by atoms with Crippen LogP contribution in [-0.2, 0) is 0 Å². The average Bonchev–Trinajstić information content (AvgIpc) is 2.34. The summed E-state index contributed by atoms with van der Waals surface area (Å²) in [5.41, 5.74) is 0. The second-order valence-electron chi connectivity index (χ2n) is 1.97. The van der Waals surface area contributed by atoms with E-state index < -0.39 is 6.55 Å². The Balaban J connectivity index is 2.85. The van der Waals surface area contributed by atoms with Crippen LogP contribution in [0, 0.1) is 0 Å². The van der Waals surface area contributed by atoms with Gasteiger partial charge in [0.15, 0.2) is 0 Å². The molecule has 0 bridgehead atoms. The number of hydrogen-bond acceptors (Lipinski definition) is 2. The average molecular weight is 197 g/mol. The molecule has 0 saturated carbocycles. The van der Waals surface area contributed by atoms with E-state index in [-0.39, 0.29) is 10.9 Å². The van der Waals surface area contributed by atoms with Crippen LogP contribution in [-0.4, -0.2) is 16.4 Å². The van der Waals surface area contributed by atoms with E-state index >= 15 is 0 Å². The van der Waals surface area contributed by atoms with Crippen LogP contribution in [0.5, 0.6) is 5.88 Å². The number of alkyl halides is 2. The third-order valence-corrected chi connectivity index (χ3v) is 1.40. The highest BCUT2D eigenvalue weighted by Gasteiger charge is 2.12. The Labute approximate surface area is 72.9 Å². The number of nitrogens with zero attached hydrogens (tertiary/aromatic N) is 2. The number of aromatic nitrogens is 2. The first-order chi connectivity index (χ1) is 5.65. The third-order valence-electron chi connectivity index (χ3n) is 1.14. The van der Waals surface area contributed by atoms with Gasteiger partial charge in [-0.3, -0.25) is 0 Å². The zero-order chi connectivity index (χ0) is 9.14. The van der Waals surface area contributed by atoms with Gasteiger partial charge in [0.1, 0.15) is 5.02 Å². The van der Waals surface area contributed by atoms with Crippen molar-refractivity contribution in [3.05, 3.63) is 11.2 Å². The zero-order valence-electron chi connectivity index (χ0n) is 6.30. The van der Waals surface area contributed by atoms with Gasteiger partial charge in [-0.2, -0.15) is 8.78 Å². The molecular weight excluding hydrogens is 190 g/mol. The maximum atomic E-state index is 12.0. The first kappa shape index (κ1) is 9.25. The molecule has 6 heteroatoms. The minimum Gasteiger partial charge on any atom is -0.476 e. The maximum absolute atomic E-state index is 12.0. The van der Waals surface area contributed by atoms with Crippen molar-refractivity contribution in [3.8, 4) is 5.88 Å². The monoisotopic (exact) mass is 196 g/mol. The van der Waals surface area contributed by atoms with Crippen molar-refractivity contribution >= 4 is 11.6 Å². The second-order valence-corrected chi connectivity index (χ2v) is 2.38. The molecule has 0 aliphatic rings. The van der Waals surface area contributed by atoms with Gasteiger partial charge in [0.2, 0.25) is 0 Å². The molecule has 1 heterocycles. The molecular formula is C6H7ClF2N2O. The van der Waals surface area contributed by atoms with Crippen molar-refractivity contribution in [2.24, 2.45) is 0 Å². The van der Waals surface area contributed by atoms with E-state index in [2.05, 4.69) is 5.10 Å². The van der Waals surface area contributed by atoms with Crippen LogP contribution in [0.4, 0.5) is 8.78 Å². The molecule has 0 atom stereocenters. The molecule has 0 saturated heterocycles. The van der Waals surface area contributed by atoms with Crippen LogP contribution in [0.2, 0.25) is 5.02 Å². The largest absolute Gasteiger partial charge is 0.476 e. The fourth-order valence-electron chi connectivity index (χ4n) is 0.687. The van der Waals surface area contributed by atoms with Crippen molar-refractivity contribution < 1.29 is 13.5 Å². The lowest BCUT2D eigenvalue weighted by atomic mass is 10.7. The topological polar surface area (TPSA) is 27.1 Å². The summed E-state index contributed by atoms with van der Waals surface area (Å²) in [6.07, 6.45) is 1.03. The highest BCUT2D eigenvalue weighted by atomic mass is 35.5. The fraction of sp³-hybridized carbons (Fsp3) is 0.500. The number of halogens is 3. The van der Waals surface area contributed by atoms with Crippen LogP contribution >= 0.6 is 11.6 Å². The van der Waals surface area contributed by atoms with E-state index in [1.54, 1.807) is 6.92 Å². The molecule has 0 aromatic carbocycles. The smallest absolute Gasteiger partial charge is 0.333 e.